The van der Waals surface area contributed by atoms with Gasteiger partial charge in [0, 0.05) is 6.07 Å². The Bertz CT molecular complexity index is 517. The van der Waals surface area contributed by atoms with E-state index in [4.69, 9.17) is 9.47 Å². The fourth-order valence-electron chi connectivity index (χ4n) is 1.71. The van der Waals surface area contributed by atoms with E-state index in [-0.39, 0.29) is 0 Å². The van der Waals surface area contributed by atoms with Gasteiger partial charge in [-0.1, -0.05) is 0 Å². The number of hydrogen-bond acceptors (Lipinski definition) is 5. The molecule has 0 aliphatic rings. The fraction of sp³-hybridized carbons (Fsp3) is 0.308. The first-order valence-corrected chi connectivity index (χ1v) is 6.34. The molecule has 18 heavy (non-hydrogen) atoms. The fourth-order valence-corrected chi connectivity index (χ4v) is 2.52. The zero-order chi connectivity index (χ0) is 13.1. The van der Waals surface area contributed by atoms with Gasteiger partial charge in [-0.2, -0.15) is 0 Å². The molecule has 2 aromatic rings. The molecule has 1 aromatic carbocycles. The summed E-state index contributed by atoms with van der Waals surface area (Å²) in [5.74, 6) is 1.32. The van der Waals surface area contributed by atoms with Gasteiger partial charge in [-0.25, -0.2) is 4.98 Å². The molecular formula is C13H15NO3S. The van der Waals surface area contributed by atoms with Crippen LogP contribution in [0.1, 0.15) is 22.2 Å². The Morgan fingerprint density at radius 3 is 2.22 bits per heavy atom. The van der Waals surface area contributed by atoms with E-state index < -0.39 is 6.10 Å². The molecule has 2 rings (SSSR count). The first-order chi connectivity index (χ1) is 8.65. The van der Waals surface area contributed by atoms with E-state index in [1.54, 1.807) is 37.9 Å². The summed E-state index contributed by atoms with van der Waals surface area (Å²) >= 11 is 1.44. The Kier molecular flexibility index (Phi) is 3.84. The molecule has 5 heteroatoms. The molecule has 1 aromatic heterocycles. The van der Waals surface area contributed by atoms with E-state index in [9.17, 15) is 5.11 Å². The number of benzene rings is 1. The lowest BCUT2D eigenvalue weighted by Gasteiger charge is -2.13. The Morgan fingerprint density at radius 2 is 1.78 bits per heavy atom. The number of methoxy groups -OCH3 is 2. The van der Waals surface area contributed by atoms with Crippen molar-refractivity contribution in [2.75, 3.05) is 14.2 Å². The van der Waals surface area contributed by atoms with Crippen molar-refractivity contribution in [3.63, 3.8) is 0 Å². The van der Waals surface area contributed by atoms with Crippen molar-refractivity contribution in [1.82, 2.24) is 4.98 Å². The van der Waals surface area contributed by atoms with Crippen molar-refractivity contribution in [3.8, 4) is 11.5 Å². The minimum atomic E-state index is -0.707. The van der Waals surface area contributed by atoms with Gasteiger partial charge < -0.3 is 14.6 Å². The average Bonchev–Trinajstić information content (AvgIpc) is 2.83. The normalized spacial score (nSPS) is 12.2. The van der Waals surface area contributed by atoms with Crippen molar-refractivity contribution >= 4 is 11.3 Å². The number of aliphatic hydroxyl groups excluding tert-OH is 1. The van der Waals surface area contributed by atoms with Gasteiger partial charge >= 0.3 is 0 Å². The molecule has 1 heterocycles. The van der Waals surface area contributed by atoms with Crippen LogP contribution in [0.15, 0.2) is 23.7 Å². The van der Waals surface area contributed by atoms with Crippen LogP contribution in [0.25, 0.3) is 0 Å². The number of ether oxygens (including phenoxy) is 2. The lowest BCUT2D eigenvalue weighted by Crippen LogP contribution is -2.00. The number of aryl methyl sites for hydroxylation is 1. The average molecular weight is 265 g/mol. The van der Waals surface area contributed by atoms with E-state index >= 15 is 0 Å². The monoisotopic (exact) mass is 265 g/mol. The number of nitrogens with zero attached hydrogens (tertiary/aromatic N) is 1. The maximum atomic E-state index is 10.4. The zero-order valence-electron chi connectivity index (χ0n) is 10.5. The van der Waals surface area contributed by atoms with Gasteiger partial charge in [-0.3, -0.25) is 0 Å². The number of thiazole rings is 1. The third-order valence-electron chi connectivity index (χ3n) is 2.72. The lowest BCUT2D eigenvalue weighted by molar-refractivity contribution is 0.222. The third-order valence-corrected chi connectivity index (χ3v) is 3.70. The highest BCUT2D eigenvalue weighted by molar-refractivity contribution is 7.09. The Balaban J connectivity index is 2.41. The second kappa shape index (κ2) is 5.37. The maximum Gasteiger partial charge on any atom is 0.122 e. The highest BCUT2D eigenvalue weighted by atomic mass is 32.1. The van der Waals surface area contributed by atoms with Crippen molar-refractivity contribution in [2.24, 2.45) is 0 Å². The van der Waals surface area contributed by atoms with Crippen molar-refractivity contribution in [2.45, 2.75) is 13.0 Å². The molecule has 1 unspecified atom stereocenters. The number of rotatable bonds is 4. The van der Waals surface area contributed by atoms with Crippen LogP contribution in [-0.2, 0) is 0 Å². The summed E-state index contributed by atoms with van der Waals surface area (Å²) in [5, 5.41) is 10.4. The Morgan fingerprint density at radius 1 is 1.17 bits per heavy atom. The van der Waals surface area contributed by atoms with E-state index in [1.165, 1.54) is 11.3 Å². The molecule has 0 bridgehead atoms. The summed E-state index contributed by atoms with van der Waals surface area (Å²) in [6.45, 7) is 1.88. The van der Waals surface area contributed by atoms with Crippen LogP contribution in [0.5, 0.6) is 11.5 Å². The number of aromatic nitrogens is 1. The topological polar surface area (TPSA) is 51.6 Å². The standard InChI is InChI=1S/C13H15NO3S/c1-8-13(18-7-14-8)12(15)9-4-10(16-2)6-11(5-9)17-3/h4-7,12,15H,1-3H3. The van der Waals surface area contributed by atoms with Gasteiger partial charge in [0.1, 0.15) is 17.6 Å². The van der Waals surface area contributed by atoms with Gasteiger partial charge in [0.05, 0.1) is 30.3 Å². The molecule has 0 aliphatic heterocycles. The highest BCUT2D eigenvalue weighted by Crippen LogP contribution is 2.32. The second-order valence-corrected chi connectivity index (χ2v) is 4.74. The summed E-state index contributed by atoms with van der Waals surface area (Å²) in [6.07, 6.45) is -0.707. The largest absolute Gasteiger partial charge is 0.497 e. The molecule has 1 N–H and O–H groups in total. The van der Waals surface area contributed by atoms with Crippen LogP contribution >= 0.6 is 11.3 Å². The molecule has 0 amide bonds. The molecule has 4 nitrogen and oxygen atoms in total. The summed E-state index contributed by atoms with van der Waals surface area (Å²) in [4.78, 5) is 4.98. The maximum absolute atomic E-state index is 10.4. The van der Waals surface area contributed by atoms with Crippen LogP contribution < -0.4 is 9.47 Å². The molecule has 0 aliphatic carbocycles. The second-order valence-electron chi connectivity index (χ2n) is 3.85. The highest BCUT2D eigenvalue weighted by Gasteiger charge is 2.17. The number of aliphatic hydroxyl groups is 1. The van der Waals surface area contributed by atoms with Crippen molar-refractivity contribution in [1.29, 1.82) is 0 Å². The van der Waals surface area contributed by atoms with Gasteiger partial charge in [0.2, 0.25) is 0 Å². The Labute approximate surface area is 110 Å². The molecule has 0 saturated carbocycles. The third kappa shape index (κ3) is 2.47. The Hall–Kier alpha value is -1.59. The van der Waals surface area contributed by atoms with E-state index in [0.717, 1.165) is 16.1 Å². The molecule has 96 valence electrons. The molecule has 0 spiro atoms. The van der Waals surface area contributed by atoms with Gasteiger partial charge in [0.15, 0.2) is 0 Å². The molecule has 0 saturated heterocycles. The van der Waals surface area contributed by atoms with E-state index in [2.05, 4.69) is 4.98 Å². The predicted octanol–water partition coefficient (Wildman–Crippen LogP) is 2.55. The van der Waals surface area contributed by atoms with Crippen LogP contribution in [0, 0.1) is 6.92 Å². The quantitative estimate of drug-likeness (QED) is 0.923. The van der Waals surface area contributed by atoms with Gasteiger partial charge in [-0.15, -0.1) is 11.3 Å². The first-order valence-electron chi connectivity index (χ1n) is 5.46. The van der Waals surface area contributed by atoms with Gasteiger partial charge in [0.25, 0.3) is 0 Å². The van der Waals surface area contributed by atoms with Gasteiger partial charge in [-0.05, 0) is 24.6 Å². The molecule has 1 atom stereocenters. The van der Waals surface area contributed by atoms with Crippen molar-refractivity contribution in [3.05, 3.63) is 39.8 Å². The number of hydrogen-bond donors (Lipinski definition) is 1. The first kappa shape index (κ1) is 12.9. The summed E-state index contributed by atoms with van der Waals surface area (Å²) in [7, 11) is 3.17. The summed E-state index contributed by atoms with van der Waals surface area (Å²) in [5.41, 5.74) is 3.30. The van der Waals surface area contributed by atoms with Crippen LogP contribution in [0.3, 0.4) is 0 Å². The minimum Gasteiger partial charge on any atom is -0.497 e. The molecule has 0 fully saturated rings. The smallest absolute Gasteiger partial charge is 0.122 e. The SMILES string of the molecule is COc1cc(OC)cc(C(O)c2scnc2C)c1. The predicted molar refractivity (Wildman–Crippen MR) is 70.5 cm³/mol. The molecule has 0 radical (unpaired) electrons. The lowest BCUT2D eigenvalue weighted by atomic mass is 10.1. The van der Waals surface area contributed by atoms with E-state index in [1.807, 2.05) is 6.92 Å². The zero-order valence-corrected chi connectivity index (χ0v) is 11.3. The van der Waals surface area contributed by atoms with Crippen LogP contribution in [0.4, 0.5) is 0 Å². The summed E-state index contributed by atoms with van der Waals surface area (Å²) in [6, 6.07) is 5.37. The summed E-state index contributed by atoms with van der Waals surface area (Å²) < 4.78 is 10.4. The van der Waals surface area contributed by atoms with E-state index in [0.29, 0.717) is 11.5 Å². The van der Waals surface area contributed by atoms with Crippen LogP contribution in [-0.4, -0.2) is 24.3 Å². The molecular weight excluding hydrogens is 250 g/mol. The minimum absolute atomic E-state index is 0.658. The van der Waals surface area contributed by atoms with Crippen LogP contribution in [0.2, 0.25) is 0 Å². The van der Waals surface area contributed by atoms with Crippen molar-refractivity contribution < 1.29 is 14.6 Å².